The van der Waals surface area contributed by atoms with E-state index in [2.05, 4.69) is 91.1 Å². The molecule has 3 aliphatic rings. The molecular formula is C40H31ClO2. The van der Waals surface area contributed by atoms with Crippen LogP contribution in [0, 0.1) is 0 Å². The summed E-state index contributed by atoms with van der Waals surface area (Å²) in [5.41, 5.74) is 8.92. The van der Waals surface area contributed by atoms with Gasteiger partial charge in [-0.05, 0) is 71.4 Å². The first-order chi connectivity index (χ1) is 21.2. The average Bonchev–Trinajstić information content (AvgIpc) is 3.07. The minimum atomic E-state index is -0.134. The normalized spacial score (nSPS) is 19.8. The van der Waals surface area contributed by atoms with E-state index in [9.17, 15) is 0 Å². The number of halogens is 1. The van der Waals surface area contributed by atoms with Crippen LogP contribution in [0.1, 0.15) is 47.6 Å². The van der Waals surface area contributed by atoms with Crippen LogP contribution in [-0.4, -0.2) is 0 Å². The molecule has 2 aliphatic heterocycles. The van der Waals surface area contributed by atoms with Gasteiger partial charge in [0.2, 0.25) is 0 Å². The molecule has 1 unspecified atom stereocenters. The molecule has 0 aromatic heterocycles. The van der Waals surface area contributed by atoms with Crippen LogP contribution in [0.25, 0.3) is 16.9 Å². The minimum Gasteiger partial charge on any atom is -0.481 e. The van der Waals surface area contributed by atoms with Gasteiger partial charge in [-0.1, -0.05) is 133 Å². The number of fused-ring (bicyclic) bond motifs is 2. The highest BCUT2D eigenvalue weighted by atomic mass is 35.5. The van der Waals surface area contributed by atoms with Crippen LogP contribution < -0.4 is 9.47 Å². The summed E-state index contributed by atoms with van der Waals surface area (Å²) in [5, 5.41) is 0.840. The molecule has 43 heavy (non-hydrogen) atoms. The summed E-state index contributed by atoms with van der Waals surface area (Å²) in [7, 11) is 0. The summed E-state index contributed by atoms with van der Waals surface area (Å²) in [6.07, 6.45) is 15.9. The Labute approximate surface area is 258 Å². The van der Waals surface area contributed by atoms with Crippen LogP contribution in [-0.2, 0) is 0 Å². The van der Waals surface area contributed by atoms with Gasteiger partial charge in [-0.25, -0.2) is 0 Å². The van der Waals surface area contributed by atoms with Crippen molar-refractivity contribution in [1.82, 2.24) is 0 Å². The highest BCUT2D eigenvalue weighted by molar-refractivity contribution is 6.32. The summed E-state index contributed by atoms with van der Waals surface area (Å²) in [6, 6.07) is 37.0. The van der Waals surface area contributed by atoms with E-state index in [1.54, 1.807) is 0 Å². The maximum Gasteiger partial charge on any atom is 0.143 e. The predicted molar refractivity (Wildman–Crippen MR) is 178 cm³/mol. The Morgan fingerprint density at radius 2 is 1.37 bits per heavy atom. The zero-order chi connectivity index (χ0) is 29.0. The van der Waals surface area contributed by atoms with Gasteiger partial charge in [-0.3, -0.25) is 0 Å². The van der Waals surface area contributed by atoms with Crippen LogP contribution in [0.2, 0.25) is 0 Å². The topological polar surface area (TPSA) is 18.5 Å². The zero-order valence-electron chi connectivity index (χ0n) is 23.7. The van der Waals surface area contributed by atoms with Crippen molar-refractivity contribution in [2.75, 3.05) is 0 Å². The van der Waals surface area contributed by atoms with E-state index in [-0.39, 0.29) is 6.10 Å². The van der Waals surface area contributed by atoms with Crippen LogP contribution in [0.5, 0.6) is 11.5 Å². The summed E-state index contributed by atoms with van der Waals surface area (Å²) in [4.78, 5) is 0. The third-order valence-electron chi connectivity index (χ3n) is 8.06. The van der Waals surface area contributed by atoms with Crippen LogP contribution in [0.4, 0.5) is 0 Å². The van der Waals surface area contributed by atoms with Gasteiger partial charge in [-0.2, -0.15) is 0 Å². The molecule has 4 aromatic rings. The summed E-state index contributed by atoms with van der Waals surface area (Å²) in [5.74, 6) is 2.60. The second-order valence-electron chi connectivity index (χ2n) is 10.9. The lowest BCUT2D eigenvalue weighted by atomic mass is 9.91. The van der Waals surface area contributed by atoms with E-state index >= 15 is 0 Å². The second-order valence-corrected chi connectivity index (χ2v) is 11.3. The van der Waals surface area contributed by atoms with E-state index in [0.29, 0.717) is 0 Å². The summed E-state index contributed by atoms with van der Waals surface area (Å²) >= 11 is 7.08. The van der Waals surface area contributed by atoms with E-state index in [1.807, 2.05) is 54.6 Å². The molecule has 0 saturated heterocycles. The van der Waals surface area contributed by atoms with Crippen molar-refractivity contribution in [2.24, 2.45) is 0 Å². The Kier molecular flexibility index (Phi) is 7.69. The van der Waals surface area contributed by atoms with Crippen molar-refractivity contribution in [2.45, 2.75) is 25.4 Å². The Balaban J connectivity index is 1.21. The molecule has 0 spiro atoms. The fourth-order valence-electron chi connectivity index (χ4n) is 5.82. The Hall–Kier alpha value is -4.79. The molecule has 0 bridgehead atoms. The van der Waals surface area contributed by atoms with E-state index in [0.717, 1.165) is 86.1 Å². The first-order valence-electron chi connectivity index (χ1n) is 14.8. The molecule has 2 heterocycles. The van der Waals surface area contributed by atoms with Crippen molar-refractivity contribution in [3.8, 4) is 11.5 Å². The highest BCUT2D eigenvalue weighted by Gasteiger charge is 2.21. The van der Waals surface area contributed by atoms with Gasteiger partial charge in [0.15, 0.2) is 0 Å². The lowest BCUT2D eigenvalue weighted by molar-refractivity contribution is 0.251. The molecule has 0 radical (unpaired) electrons. The molecule has 1 aliphatic carbocycles. The monoisotopic (exact) mass is 578 g/mol. The van der Waals surface area contributed by atoms with Gasteiger partial charge in [0.25, 0.3) is 0 Å². The minimum absolute atomic E-state index is 0.134. The molecule has 210 valence electrons. The van der Waals surface area contributed by atoms with Gasteiger partial charge in [0.1, 0.15) is 23.4 Å². The molecule has 0 fully saturated rings. The van der Waals surface area contributed by atoms with Crippen molar-refractivity contribution in [1.29, 1.82) is 0 Å². The third-order valence-corrected chi connectivity index (χ3v) is 8.54. The van der Waals surface area contributed by atoms with Crippen molar-refractivity contribution in [3.63, 3.8) is 0 Å². The average molecular weight is 579 g/mol. The maximum atomic E-state index is 7.08. The fraction of sp³-hybridized carbons (Fsp3) is 0.100. The Morgan fingerprint density at radius 1 is 0.674 bits per heavy atom. The lowest BCUT2D eigenvalue weighted by Crippen LogP contribution is -2.10. The van der Waals surface area contributed by atoms with Crippen LogP contribution >= 0.6 is 11.6 Å². The molecule has 0 N–H and O–H groups in total. The molecule has 0 saturated carbocycles. The van der Waals surface area contributed by atoms with Gasteiger partial charge >= 0.3 is 0 Å². The number of benzene rings is 4. The predicted octanol–water partition coefficient (Wildman–Crippen LogP) is 10.9. The SMILES string of the molecule is ClC1=C(C=CC2=CC(c3ccccc3)Oc3ccccc32)CCCC1=CC=C1C=C(c2ccccc2)Oc2ccccc21. The first-order valence-corrected chi connectivity index (χ1v) is 15.2. The van der Waals surface area contributed by atoms with Crippen molar-refractivity contribution < 1.29 is 9.47 Å². The van der Waals surface area contributed by atoms with E-state index in [1.165, 1.54) is 0 Å². The number of rotatable bonds is 5. The third kappa shape index (κ3) is 5.80. The molecule has 3 heteroatoms. The molecular weight excluding hydrogens is 548 g/mol. The number of hydrogen-bond acceptors (Lipinski definition) is 2. The standard InChI is InChI=1S/C40H31ClO2/c41-40-30(22-24-32-26-38(28-12-3-1-4-13-28)42-36-20-9-7-18-34(32)36)16-11-17-31(40)23-25-33-27-39(29-14-5-2-6-15-29)43-37-21-10-8-19-35(33)37/h1-10,12-15,18-27,38H,11,16-17H2. The fourth-order valence-corrected chi connectivity index (χ4v) is 6.13. The number of hydrogen-bond donors (Lipinski definition) is 0. The Bertz CT molecular complexity index is 1840. The van der Waals surface area contributed by atoms with E-state index in [4.69, 9.17) is 21.1 Å². The van der Waals surface area contributed by atoms with Gasteiger partial charge in [-0.15, -0.1) is 0 Å². The first kappa shape index (κ1) is 27.1. The highest BCUT2D eigenvalue weighted by Crippen LogP contribution is 2.40. The quantitative estimate of drug-likeness (QED) is 0.234. The molecule has 7 rings (SSSR count). The maximum absolute atomic E-state index is 7.08. The smallest absolute Gasteiger partial charge is 0.143 e. The van der Waals surface area contributed by atoms with Gasteiger partial charge in [0.05, 0.1) is 0 Å². The second kappa shape index (κ2) is 12.2. The van der Waals surface area contributed by atoms with Crippen LogP contribution in [0.15, 0.2) is 162 Å². The van der Waals surface area contributed by atoms with Crippen molar-refractivity contribution >= 4 is 28.5 Å². The van der Waals surface area contributed by atoms with Gasteiger partial charge < -0.3 is 9.47 Å². The van der Waals surface area contributed by atoms with E-state index < -0.39 is 0 Å². The van der Waals surface area contributed by atoms with Crippen molar-refractivity contribution in [3.05, 3.63) is 184 Å². The molecule has 2 nitrogen and oxygen atoms in total. The number of allylic oxidation sites excluding steroid dienone is 10. The summed E-state index contributed by atoms with van der Waals surface area (Å²) < 4.78 is 12.6. The largest absolute Gasteiger partial charge is 0.481 e. The molecule has 0 amide bonds. The number of ether oxygens (including phenoxy) is 2. The zero-order valence-corrected chi connectivity index (χ0v) is 24.5. The summed E-state index contributed by atoms with van der Waals surface area (Å²) in [6.45, 7) is 0. The molecule has 1 atom stereocenters. The Morgan fingerprint density at radius 3 is 2.19 bits per heavy atom. The lowest BCUT2D eigenvalue weighted by Gasteiger charge is -2.25. The number of para-hydroxylation sites is 2. The molecule has 4 aromatic carbocycles. The van der Waals surface area contributed by atoms with Gasteiger partial charge in [0, 0.05) is 21.7 Å². The van der Waals surface area contributed by atoms with Crippen LogP contribution in [0.3, 0.4) is 0 Å².